The van der Waals surface area contributed by atoms with Gasteiger partial charge in [-0.1, -0.05) is 13.8 Å². The molecule has 17 heavy (non-hydrogen) atoms. The third kappa shape index (κ3) is 5.50. The van der Waals surface area contributed by atoms with Crippen LogP contribution in [0.15, 0.2) is 22.9 Å². The van der Waals surface area contributed by atoms with Crippen LogP contribution in [0.2, 0.25) is 0 Å². The second-order valence-corrected chi connectivity index (χ2v) is 5.92. The fraction of sp³-hybridized carbons (Fsp3) is 0.615. The Balaban J connectivity index is 2.74. The van der Waals surface area contributed by atoms with Gasteiger partial charge in [0.05, 0.1) is 11.9 Å². The summed E-state index contributed by atoms with van der Waals surface area (Å²) in [7, 11) is 4.21. The van der Waals surface area contributed by atoms with E-state index in [1.54, 1.807) is 0 Å². The summed E-state index contributed by atoms with van der Waals surface area (Å²) in [5.41, 5.74) is 1.19. The normalized spacial score (nSPS) is 11.2. The van der Waals surface area contributed by atoms with Crippen molar-refractivity contribution >= 4 is 21.6 Å². The van der Waals surface area contributed by atoms with Crippen molar-refractivity contribution in [3.63, 3.8) is 0 Å². The molecule has 0 atom stereocenters. The standard InChI is InChI=1S/C13H22BrN3/c1-11(2)10-17(6-5-16(3)4)13-7-12(14)8-15-9-13/h7-9,11H,5-6,10H2,1-4H3. The SMILES string of the molecule is CC(C)CN(CCN(C)C)c1cncc(Br)c1. The molecule has 0 bridgehead atoms. The van der Waals surface area contributed by atoms with Gasteiger partial charge in [0.15, 0.2) is 0 Å². The van der Waals surface area contributed by atoms with E-state index in [1.807, 2.05) is 12.4 Å². The van der Waals surface area contributed by atoms with Crippen molar-refractivity contribution < 1.29 is 0 Å². The Bertz CT molecular complexity index is 339. The van der Waals surface area contributed by atoms with Gasteiger partial charge < -0.3 is 9.80 Å². The minimum absolute atomic E-state index is 0.649. The molecule has 1 rings (SSSR count). The number of halogens is 1. The van der Waals surface area contributed by atoms with E-state index in [0.29, 0.717) is 5.92 Å². The average molecular weight is 300 g/mol. The molecule has 1 aromatic rings. The van der Waals surface area contributed by atoms with Crippen LogP contribution in [0.1, 0.15) is 13.8 Å². The van der Waals surface area contributed by atoms with E-state index in [0.717, 1.165) is 24.1 Å². The number of aromatic nitrogens is 1. The van der Waals surface area contributed by atoms with Gasteiger partial charge >= 0.3 is 0 Å². The van der Waals surface area contributed by atoms with Gasteiger partial charge in [-0.05, 0) is 42.0 Å². The molecule has 4 heteroatoms. The van der Waals surface area contributed by atoms with Crippen LogP contribution in [0.4, 0.5) is 5.69 Å². The zero-order chi connectivity index (χ0) is 12.8. The van der Waals surface area contributed by atoms with Gasteiger partial charge in [0, 0.05) is 30.3 Å². The number of anilines is 1. The highest BCUT2D eigenvalue weighted by Gasteiger charge is 2.09. The van der Waals surface area contributed by atoms with Crippen LogP contribution in [-0.4, -0.2) is 43.6 Å². The van der Waals surface area contributed by atoms with Crippen molar-refractivity contribution in [1.29, 1.82) is 0 Å². The number of rotatable bonds is 6. The zero-order valence-electron chi connectivity index (χ0n) is 11.2. The molecule has 1 aromatic heterocycles. The molecular formula is C13H22BrN3. The Hall–Kier alpha value is -0.610. The van der Waals surface area contributed by atoms with E-state index >= 15 is 0 Å². The first kappa shape index (κ1) is 14.5. The van der Waals surface area contributed by atoms with Gasteiger partial charge in [-0.2, -0.15) is 0 Å². The Labute approximate surface area is 113 Å². The number of likely N-dealkylation sites (N-methyl/N-ethyl adjacent to an activating group) is 1. The maximum absolute atomic E-state index is 4.24. The molecule has 0 radical (unpaired) electrons. The van der Waals surface area contributed by atoms with Crippen LogP contribution in [0.3, 0.4) is 0 Å². The van der Waals surface area contributed by atoms with E-state index < -0.39 is 0 Å². The van der Waals surface area contributed by atoms with Gasteiger partial charge in [0.25, 0.3) is 0 Å². The van der Waals surface area contributed by atoms with Crippen LogP contribution < -0.4 is 4.90 Å². The molecule has 0 aliphatic heterocycles. The van der Waals surface area contributed by atoms with Crippen molar-refractivity contribution in [3.05, 3.63) is 22.9 Å². The summed E-state index contributed by atoms with van der Waals surface area (Å²) in [6, 6.07) is 2.13. The lowest BCUT2D eigenvalue weighted by Gasteiger charge is -2.27. The Morgan fingerprint density at radius 2 is 1.94 bits per heavy atom. The van der Waals surface area contributed by atoms with Crippen molar-refractivity contribution in [2.45, 2.75) is 13.8 Å². The van der Waals surface area contributed by atoms with Gasteiger partial charge in [-0.25, -0.2) is 0 Å². The zero-order valence-corrected chi connectivity index (χ0v) is 12.7. The van der Waals surface area contributed by atoms with Gasteiger partial charge in [0.1, 0.15) is 0 Å². The fourth-order valence-corrected chi connectivity index (χ4v) is 2.01. The van der Waals surface area contributed by atoms with E-state index in [1.165, 1.54) is 5.69 Å². The predicted octanol–water partition coefficient (Wildman–Crippen LogP) is 2.87. The highest BCUT2D eigenvalue weighted by molar-refractivity contribution is 9.10. The van der Waals surface area contributed by atoms with E-state index in [2.05, 4.69) is 64.7 Å². The van der Waals surface area contributed by atoms with Crippen LogP contribution in [0.5, 0.6) is 0 Å². The first-order chi connectivity index (χ1) is 7.99. The van der Waals surface area contributed by atoms with Crippen molar-refractivity contribution in [2.75, 3.05) is 38.6 Å². The summed E-state index contributed by atoms with van der Waals surface area (Å²) in [6.07, 6.45) is 3.76. The first-order valence-corrected chi connectivity index (χ1v) is 6.78. The summed E-state index contributed by atoms with van der Waals surface area (Å²) in [4.78, 5) is 8.84. The summed E-state index contributed by atoms with van der Waals surface area (Å²) in [5, 5.41) is 0. The lowest BCUT2D eigenvalue weighted by Crippen LogP contribution is -2.34. The van der Waals surface area contributed by atoms with Crippen LogP contribution in [-0.2, 0) is 0 Å². The number of hydrogen-bond acceptors (Lipinski definition) is 3. The number of pyridine rings is 1. The third-order valence-electron chi connectivity index (χ3n) is 2.46. The van der Waals surface area contributed by atoms with Crippen LogP contribution >= 0.6 is 15.9 Å². The van der Waals surface area contributed by atoms with Crippen LogP contribution in [0, 0.1) is 5.92 Å². The fourth-order valence-electron chi connectivity index (χ4n) is 1.66. The maximum atomic E-state index is 4.24. The molecule has 0 unspecified atom stereocenters. The van der Waals surface area contributed by atoms with Crippen molar-refractivity contribution in [1.82, 2.24) is 9.88 Å². The smallest absolute Gasteiger partial charge is 0.0564 e. The highest BCUT2D eigenvalue weighted by Crippen LogP contribution is 2.19. The minimum atomic E-state index is 0.649. The summed E-state index contributed by atoms with van der Waals surface area (Å²) < 4.78 is 1.04. The topological polar surface area (TPSA) is 19.4 Å². The summed E-state index contributed by atoms with van der Waals surface area (Å²) in [5.74, 6) is 0.649. The molecule has 0 saturated heterocycles. The lowest BCUT2D eigenvalue weighted by atomic mass is 10.2. The molecule has 3 nitrogen and oxygen atoms in total. The molecular weight excluding hydrogens is 278 g/mol. The summed E-state index contributed by atoms with van der Waals surface area (Å²) >= 11 is 3.48. The maximum Gasteiger partial charge on any atom is 0.0564 e. The molecule has 0 N–H and O–H groups in total. The summed E-state index contributed by atoms with van der Waals surface area (Å²) in [6.45, 7) is 7.64. The Morgan fingerprint density at radius 1 is 1.24 bits per heavy atom. The molecule has 0 aromatic carbocycles. The number of hydrogen-bond donors (Lipinski definition) is 0. The quantitative estimate of drug-likeness (QED) is 0.805. The predicted molar refractivity (Wildman–Crippen MR) is 77.5 cm³/mol. The Kier molecular flexibility index (Phi) is 5.92. The third-order valence-corrected chi connectivity index (χ3v) is 2.89. The monoisotopic (exact) mass is 299 g/mol. The first-order valence-electron chi connectivity index (χ1n) is 5.99. The molecule has 0 aliphatic rings. The van der Waals surface area contributed by atoms with E-state index in [4.69, 9.17) is 0 Å². The minimum Gasteiger partial charge on any atom is -0.369 e. The highest BCUT2D eigenvalue weighted by atomic mass is 79.9. The van der Waals surface area contributed by atoms with Gasteiger partial charge in [0.2, 0.25) is 0 Å². The van der Waals surface area contributed by atoms with Crippen molar-refractivity contribution in [2.24, 2.45) is 5.92 Å². The average Bonchev–Trinajstić information content (AvgIpc) is 2.23. The number of nitrogens with zero attached hydrogens (tertiary/aromatic N) is 3. The largest absolute Gasteiger partial charge is 0.369 e. The van der Waals surface area contributed by atoms with Crippen molar-refractivity contribution in [3.8, 4) is 0 Å². The molecule has 96 valence electrons. The lowest BCUT2D eigenvalue weighted by molar-refractivity contribution is 0.409. The van der Waals surface area contributed by atoms with Crippen LogP contribution in [0.25, 0.3) is 0 Å². The molecule has 0 amide bonds. The Morgan fingerprint density at radius 3 is 2.47 bits per heavy atom. The molecule has 0 saturated carbocycles. The van der Waals surface area contributed by atoms with Gasteiger partial charge in [-0.3, -0.25) is 4.98 Å². The molecule has 0 spiro atoms. The second kappa shape index (κ2) is 6.97. The van der Waals surface area contributed by atoms with E-state index in [9.17, 15) is 0 Å². The molecule has 0 aliphatic carbocycles. The van der Waals surface area contributed by atoms with Gasteiger partial charge in [-0.15, -0.1) is 0 Å². The van der Waals surface area contributed by atoms with E-state index in [-0.39, 0.29) is 0 Å². The second-order valence-electron chi connectivity index (χ2n) is 5.00. The molecule has 1 heterocycles. The molecule has 0 fully saturated rings.